The second kappa shape index (κ2) is 8.71. The lowest BCUT2D eigenvalue weighted by molar-refractivity contribution is -0.127. The number of halogens is 1. The van der Waals surface area contributed by atoms with Crippen LogP contribution in [-0.4, -0.2) is 34.0 Å². The Morgan fingerprint density at radius 1 is 1.36 bits per heavy atom. The lowest BCUT2D eigenvalue weighted by Crippen LogP contribution is -2.39. The molecule has 0 N–H and O–H groups in total. The summed E-state index contributed by atoms with van der Waals surface area (Å²) in [4.78, 5) is 19.0. The van der Waals surface area contributed by atoms with Gasteiger partial charge in [-0.25, -0.2) is 0 Å². The molecule has 1 amide bonds. The number of likely N-dealkylation sites (tertiary alicyclic amines) is 1. The van der Waals surface area contributed by atoms with Gasteiger partial charge in [-0.05, 0) is 47.9 Å². The van der Waals surface area contributed by atoms with Crippen molar-refractivity contribution in [2.24, 2.45) is 5.92 Å². The zero-order chi connectivity index (χ0) is 19.3. The molecule has 7 heteroatoms. The zero-order valence-corrected chi connectivity index (χ0v) is 16.8. The highest BCUT2D eigenvalue weighted by atomic mass is 35.5. The molecule has 1 aromatic carbocycles. The first-order valence-corrected chi connectivity index (χ1v) is 10.6. The van der Waals surface area contributed by atoms with Crippen LogP contribution in [0.1, 0.15) is 24.3 Å². The minimum atomic E-state index is 0.00844. The number of hydrogen-bond acceptors (Lipinski definition) is 5. The van der Waals surface area contributed by atoms with Gasteiger partial charge in [-0.15, -0.1) is 0 Å². The zero-order valence-electron chi connectivity index (χ0n) is 15.3. The molecule has 2 aromatic heterocycles. The Balaban J connectivity index is 1.36. The van der Waals surface area contributed by atoms with Gasteiger partial charge < -0.3 is 9.42 Å². The van der Waals surface area contributed by atoms with Crippen LogP contribution in [0.3, 0.4) is 0 Å². The maximum atomic E-state index is 12.6. The topological polar surface area (TPSA) is 59.2 Å². The molecule has 1 aliphatic heterocycles. The fraction of sp³-hybridized carbons (Fsp3) is 0.286. The molecule has 1 fully saturated rings. The first-order chi connectivity index (χ1) is 13.7. The van der Waals surface area contributed by atoms with Crippen LogP contribution < -0.4 is 0 Å². The van der Waals surface area contributed by atoms with E-state index in [1.54, 1.807) is 23.5 Å². The summed E-state index contributed by atoms with van der Waals surface area (Å²) in [5, 5.41) is 8.70. The van der Waals surface area contributed by atoms with Gasteiger partial charge in [-0.2, -0.15) is 16.3 Å². The van der Waals surface area contributed by atoms with Gasteiger partial charge in [0, 0.05) is 41.6 Å². The molecule has 1 atom stereocenters. The first kappa shape index (κ1) is 18.9. The van der Waals surface area contributed by atoms with Crippen molar-refractivity contribution in [2.45, 2.75) is 19.3 Å². The maximum absolute atomic E-state index is 12.6. The van der Waals surface area contributed by atoms with E-state index in [0.717, 1.165) is 30.5 Å². The molecule has 1 saturated heterocycles. The van der Waals surface area contributed by atoms with E-state index >= 15 is 0 Å². The molecule has 144 valence electrons. The molecular weight excluding hydrogens is 394 g/mol. The molecule has 0 spiro atoms. The first-order valence-electron chi connectivity index (χ1n) is 9.26. The van der Waals surface area contributed by atoms with Crippen molar-refractivity contribution < 1.29 is 9.32 Å². The number of benzene rings is 1. The lowest BCUT2D eigenvalue weighted by atomic mass is 9.94. The van der Waals surface area contributed by atoms with E-state index in [-0.39, 0.29) is 5.91 Å². The number of piperidine rings is 1. The minimum absolute atomic E-state index is 0.00844. The molecule has 4 rings (SSSR count). The van der Waals surface area contributed by atoms with E-state index in [4.69, 9.17) is 16.1 Å². The highest BCUT2D eigenvalue weighted by Gasteiger charge is 2.24. The summed E-state index contributed by atoms with van der Waals surface area (Å²) in [5.41, 5.74) is 1.82. The highest BCUT2D eigenvalue weighted by Crippen LogP contribution is 2.24. The summed E-state index contributed by atoms with van der Waals surface area (Å²) in [6, 6.07) is 9.47. The second-order valence-electron chi connectivity index (χ2n) is 6.88. The van der Waals surface area contributed by atoms with Crippen molar-refractivity contribution in [3.05, 3.63) is 63.6 Å². The predicted octanol–water partition coefficient (Wildman–Crippen LogP) is 4.95. The number of thiophene rings is 1. The number of hydrogen-bond donors (Lipinski definition) is 0. The maximum Gasteiger partial charge on any atom is 0.246 e. The van der Waals surface area contributed by atoms with Gasteiger partial charge >= 0.3 is 0 Å². The van der Waals surface area contributed by atoms with E-state index in [0.29, 0.717) is 35.6 Å². The van der Waals surface area contributed by atoms with Crippen molar-refractivity contribution in [3.63, 3.8) is 0 Å². The molecule has 0 bridgehead atoms. The van der Waals surface area contributed by atoms with E-state index in [2.05, 4.69) is 10.1 Å². The third kappa shape index (κ3) is 4.51. The number of aromatic nitrogens is 2. The van der Waals surface area contributed by atoms with Crippen molar-refractivity contribution in [3.8, 4) is 11.4 Å². The highest BCUT2D eigenvalue weighted by molar-refractivity contribution is 7.08. The van der Waals surface area contributed by atoms with Gasteiger partial charge in [-0.1, -0.05) is 35.0 Å². The van der Waals surface area contributed by atoms with Gasteiger partial charge in [0.15, 0.2) is 0 Å². The Morgan fingerprint density at radius 3 is 3.07 bits per heavy atom. The van der Waals surface area contributed by atoms with Crippen LogP contribution in [0.4, 0.5) is 0 Å². The van der Waals surface area contributed by atoms with E-state index < -0.39 is 0 Å². The van der Waals surface area contributed by atoms with Crippen LogP contribution in [0.5, 0.6) is 0 Å². The van der Waals surface area contributed by atoms with Crippen LogP contribution >= 0.6 is 22.9 Å². The summed E-state index contributed by atoms with van der Waals surface area (Å²) < 4.78 is 5.42. The summed E-state index contributed by atoms with van der Waals surface area (Å²) in [7, 11) is 0. The van der Waals surface area contributed by atoms with Crippen molar-refractivity contribution in [2.75, 3.05) is 13.1 Å². The van der Waals surface area contributed by atoms with Crippen LogP contribution in [-0.2, 0) is 11.2 Å². The van der Waals surface area contributed by atoms with Crippen molar-refractivity contribution >= 4 is 34.9 Å². The Morgan fingerprint density at radius 2 is 2.25 bits per heavy atom. The van der Waals surface area contributed by atoms with E-state index in [1.807, 2.05) is 46.0 Å². The molecule has 1 unspecified atom stereocenters. The molecule has 0 saturated carbocycles. The second-order valence-corrected chi connectivity index (χ2v) is 8.06. The van der Waals surface area contributed by atoms with Gasteiger partial charge in [0.25, 0.3) is 0 Å². The van der Waals surface area contributed by atoms with Crippen molar-refractivity contribution in [1.29, 1.82) is 0 Å². The smallest absolute Gasteiger partial charge is 0.246 e. The molecule has 0 radical (unpaired) electrons. The molecular formula is C21H20ClN3O2S. The van der Waals surface area contributed by atoms with Crippen LogP contribution in [0.15, 0.2) is 51.7 Å². The summed E-state index contributed by atoms with van der Waals surface area (Å²) in [5.74, 6) is 1.59. The summed E-state index contributed by atoms with van der Waals surface area (Å²) in [6.07, 6.45) is 6.09. The third-order valence-electron chi connectivity index (χ3n) is 4.85. The standard InChI is InChI=1S/C21H20ClN3O2S/c22-18-6-2-1-5-16(18)7-8-20(26)25-10-3-4-15(13-25)12-19-23-21(24-27-19)17-9-11-28-14-17/h1-2,5-9,11,14-15H,3-4,10,12-13H2/b8-7+. The molecule has 28 heavy (non-hydrogen) atoms. The number of carbonyl (C=O) groups excluding carboxylic acids is 1. The number of amides is 1. The fourth-order valence-electron chi connectivity index (χ4n) is 3.40. The fourth-order valence-corrected chi connectivity index (χ4v) is 4.24. The van der Waals surface area contributed by atoms with E-state index in [9.17, 15) is 4.79 Å². The Labute approximate surface area is 172 Å². The summed E-state index contributed by atoms with van der Waals surface area (Å²) in [6.45, 7) is 1.47. The molecule has 3 heterocycles. The average Bonchev–Trinajstić information content (AvgIpc) is 3.39. The predicted molar refractivity (Wildman–Crippen MR) is 111 cm³/mol. The average molecular weight is 414 g/mol. The normalized spacial score (nSPS) is 17.3. The van der Waals surface area contributed by atoms with Crippen LogP contribution in [0.2, 0.25) is 5.02 Å². The largest absolute Gasteiger partial charge is 0.339 e. The minimum Gasteiger partial charge on any atom is -0.339 e. The molecule has 3 aromatic rings. The Kier molecular flexibility index (Phi) is 5.88. The SMILES string of the molecule is O=C(/C=C/c1ccccc1Cl)N1CCCC(Cc2nc(-c3ccsc3)no2)C1. The van der Waals surface area contributed by atoms with Gasteiger partial charge in [-0.3, -0.25) is 4.79 Å². The lowest BCUT2D eigenvalue weighted by Gasteiger charge is -2.31. The monoisotopic (exact) mass is 413 g/mol. The van der Waals surface area contributed by atoms with Crippen LogP contribution in [0, 0.1) is 5.92 Å². The van der Waals surface area contributed by atoms with E-state index in [1.165, 1.54) is 0 Å². The Hall–Kier alpha value is -2.44. The van der Waals surface area contributed by atoms with Crippen LogP contribution in [0.25, 0.3) is 17.5 Å². The number of rotatable bonds is 5. The molecule has 0 aliphatic carbocycles. The summed E-state index contributed by atoms with van der Waals surface area (Å²) >= 11 is 7.75. The molecule has 5 nitrogen and oxygen atoms in total. The molecule has 1 aliphatic rings. The van der Waals surface area contributed by atoms with Gasteiger partial charge in [0.2, 0.25) is 17.6 Å². The number of carbonyl (C=O) groups is 1. The van der Waals surface area contributed by atoms with Gasteiger partial charge in [0.1, 0.15) is 0 Å². The number of nitrogens with zero attached hydrogens (tertiary/aromatic N) is 3. The van der Waals surface area contributed by atoms with Crippen molar-refractivity contribution in [1.82, 2.24) is 15.0 Å². The van der Waals surface area contributed by atoms with Gasteiger partial charge in [0.05, 0.1) is 0 Å². The Bertz CT molecular complexity index is 968. The third-order valence-corrected chi connectivity index (χ3v) is 5.88. The quantitative estimate of drug-likeness (QED) is 0.555.